The largest absolute Gasteiger partial charge is 0.479 e. The molecule has 0 fully saturated rings. The molecule has 0 bridgehead atoms. The predicted octanol–water partition coefficient (Wildman–Crippen LogP) is 2.65. The molecule has 8 heteroatoms. The summed E-state index contributed by atoms with van der Waals surface area (Å²) in [6, 6.07) is 6.84. The second kappa shape index (κ2) is 5.17. The van der Waals surface area contributed by atoms with E-state index >= 15 is 0 Å². The number of hydrogen-bond donors (Lipinski definition) is 1. The van der Waals surface area contributed by atoms with Gasteiger partial charge in [0, 0.05) is 6.07 Å². The SMILES string of the molecule is COc1cc(C(=O)Nc2cc(-c3cccs3)no2)on1. The number of thiophene rings is 1. The lowest BCUT2D eigenvalue weighted by Crippen LogP contribution is -2.10. The molecule has 0 aliphatic rings. The lowest BCUT2D eigenvalue weighted by atomic mass is 10.3. The smallest absolute Gasteiger partial charge is 0.296 e. The molecule has 0 saturated heterocycles. The van der Waals surface area contributed by atoms with Gasteiger partial charge in [0.15, 0.2) is 0 Å². The number of ether oxygens (including phenoxy) is 1. The highest BCUT2D eigenvalue weighted by Crippen LogP contribution is 2.26. The normalized spacial score (nSPS) is 10.4. The number of amides is 1. The first-order valence-electron chi connectivity index (χ1n) is 5.59. The van der Waals surface area contributed by atoms with Gasteiger partial charge in [-0.05, 0) is 16.6 Å². The number of hydrogen-bond acceptors (Lipinski definition) is 7. The third-order valence-corrected chi connectivity index (χ3v) is 3.33. The van der Waals surface area contributed by atoms with E-state index < -0.39 is 5.91 Å². The first-order valence-corrected chi connectivity index (χ1v) is 6.47. The van der Waals surface area contributed by atoms with Crippen LogP contribution in [0.3, 0.4) is 0 Å². The molecule has 0 atom stereocenters. The zero-order valence-electron chi connectivity index (χ0n) is 10.3. The number of rotatable bonds is 4. The van der Waals surface area contributed by atoms with Crippen molar-refractivity contribution in [1.82, 2.24) is 10.3 Å². The number of nitrogens with one attached hydrogen (secondary N) is 1. The van der Waals surface area contributed by atoms with Crippen molar-refractivity contribution >= 4 is 23.1 Å². The predicted molar refractivity (Wildman–Crippen MR) is 70.8 cm³/mol. The third kappa shape index (κ3) is 2.41. The van der Waals surface area contributed by atoms with Crippen LogP contribution >= 0.6 is 11.3 Å². The number of carbonyl (C=O) groups is 1. The Balaban J connectivity index is 1.73. The summed E-state index contributed by atoms with van der Waals surface area (Å²) in [5.41, 5.74) is 0.658. The van der Waals surface area contributed by atoms with Crippen molar-refractivity contribution in [2.75, 3.05) is 12.4 Å². The average molecular weight is 291 g/mol. The van der Waals surface area contributed by atoms with E-state index in [1.807, 2.05) is 17.5 Å². The van der Waals surface area contributed by atoms with Gasteiger partial charge in [0.2, 0.25) is 11.6 Å². The van der Waals surface area contributed by atoms with Crippen LogP contribution in [0.15, 0.2) is 38.7 Å². The Hall–Kier alpha value is -2.61. The van der Waals surface area contributed by atoms with E-state index in [0.717, 1.165) is 4.88 Å². The number of carbonyl (C=O) groups excluding carboxylic acids is 1. The third-order valence-electron chi connectivity index (χ3n) is 2.44. The number of anilines is 1. The van der Waals surface area contributed by atoms with Crippen molar-refractivity contribution in [3.8, 4) is 16.5 Å². The molecule has 0 spiro atoms. The number of nitrogens with zero attached hydrogens (tertiary/aromatic N) is 2. The van der Waals surface area contributed by atoms with Gasteiger partial charge in [-0.1, -0.05) is 11.2 Å². The maximum atomic E-state index is 11.9. The van der Waals surface area contributed by atoms with Crippen LogP contribution in [0.25, 0.3) is 10.6 Å². The molecular formula is C12H9N3O4S. The Bertz CT molecular complexity index is 717. The highest BCUT2D eigenvalue weighted by molar-refractivity contribution is 7.13. The molecule has 3 heterocycles. The van der Waals surface area contributed by atoms with Gasteiger partial charge in [0.05, 0.1) is 18.1 Å². The fourth-order valence-corrected chi connectivity index (χ4v) is 2.19. The standard InChI is InChI=1S/C12H9N3O4S/c1-17-11-6-8(18-15-11)12(16)13-10-5-7(14-19-10)9-3-2-4-20-9/h2-6H,1H3,(H,13,16). The highest BCUT2D eigenvalue weighted by Gasteiger charge is 2.16. The minimum atomic E-state index is -0.491. The van der Waals surface area contributed by atoms with Crippen LogP contribution in [0, 0.1) is 0 Å². The van der Waals surface area contributed by atoms with E-state index in [-0.39, 0.29) is 17.5 Å². The topological polar surface area (TPSA) is 90.4 Å². The maximum absolute atomic E-state index is 11.9. The molecule has 1 amide bonds. The zero-order chi connectivity index (χ0) is 13.9. The Kier molecular flexibility index (Phi) is 3.21. The highest BCUT2D eigenvalue weighted by atomic mass is 32.1. The Morgan fingerprint density at radius 1 is 1.35 bits per heavy atom. The maximum Gasteiger partial charge on any atom is 0.296 e. The molecule has 20 heavy (non-hydrogen) atoms. The van der Waals surface area contributed by atoms with Gasteiger partial charge in [0.1, 0.15) is 5.69 Å². The molecule has 7 nitrogen and oxygen atoms in total. The van der Waals surface area contributed by atoms with Crippen molar-refractivity contribution in [3.63, 3.8) is 0 Å². The van der Waals surface area contributed by atoms with E-state index in [9.17, 15) is 4.79 Å². The lowest BCUT2D eigenvalue weighted by Gasteiger charge is -1.94. The summed E-state index contributed by atoms with van der Waals surface area (Å²) >= 11 is 1.53. The fourth-order valence-electron chi connectivity index (χ4n) is 1.51. The van der Waals surface area contributed by atoms with Gasteiger partial charge in [-0.3, -0.25) is 10.1 Å². The first-order chi connectivity index (χ1) is 9.76. The van der Waals surface area contributed by atoms with E-state index in [1.54, 1.807) is 6.07 Å². The Labute approximate surface area is 117 Å². The summed E-state index contributed by atoms with van der Waals surface area (Å²) in [4.78, 5) is 12.8. The van der Waals surface area contributed by atoms with Gasteiger partial charge in [-0.25, -0.2) is 0 Å². The van der Waals surface area contributed by atoms with Crippen molar-refractivity contribution in [1.29, 1.82) is 0 Å². The fraction of sp³-hybridized carbons (Fsp3) is 0.0833. The van der Waals surface area contributed by atoms with Crippen LogP contribution in [-0.2, 0) is 0 Å². The molecule has 102 valence electrons. The molecule has 0 radical (unpaired) electrons. The monoisotopic (exact) mass is 291 g/mol. The number of methoxy groups -OCH3 is 1. The van der Waals surface area contributed by atoms with E-state index in [2.05, 4.69) is 15.6 Å². The number of aromatic nitrogens is 2. The minimum absolute atomic E-state index is 0.0240. The van der Waals surface area contributed by atoms with Crippen LogP contribution in [-0.4, -0.2) is 23.3 Å². The lowest BCUT2D eigenvalue weighted by molar-refractivity contribution is 0.0984. The van der Waals surface area contributed by atoms with E-state index in [4.69, 9.17) is 13.8 Å². The molecule has 3 aromatic heterocycles. The Morgan fingerprint density at radius 2 is 2.25 bits per heavy atom. The molecule has 3 aromatic rings. The van der Waals surface area contributed by atoms with Crippen molar-refractivity contribution < 1.29 is 18.6 Å². The molecule has 0 saturated carbocycles. The molecule has 3 rings (SSSR count). The van der Waals surface area contributed by atoms with Crippen LogP contribution < -0.4 is 10.1 Å². The van der Waals surface area contributed by atoms with Crippen molar-refractivity contribution in [2.24, 2.45) is 0 Å². The molecule has 0 aliphatic carbocycles. The molecular weight excluding hydrogens is 282 g/mol. The Morgan fingerprint density at radius 3 is 2.95 bits per heavy atom. The minimum Gasteiger partial charge on any atom is -0.479 e. The zero-order valence-corrected chi connectivity index (χ0v) is 11.1. The second-order valence-corrected chi connectivity index (χ2v) is 4.69. The summed E-state index contributed by atoms with van der Waals surface area (Å²) in [5.74, 6) is -0.00800. The second-order valence-electron chi connectivity index (χ2n) is 3.74. The van der Waals surface area contributed by atoms with Gasteiger partial charge in [-0.15, -0.1) is 11.3 Å². The van der Waals surface area contributed by atoms with E-state index in [0.29, 0.717) is 5.69 Å². The van der Waals surface area contributed by atoms with Crippen LogP contribution in [0.1, 0.15) is 10.6 Å². The summed E-state index contributed by atoms with van der Waals surface area (Å²) in [6.45, 7) is 0. The van der Waals surface area contributed by atoms with Crippen LogP contribution in [0.4, 0.5) is 5.88 Å². The molecule has 1 N–H and O–H groups in total. The van der Waals surface area contributed by atoms with Crippen LogP contribution in [0.2, 0.25) is 0 Å². The quantitative estimate of drug-likeness (QED) is 0.794. The summed E-state index contributed by atoms with van der Waals surface area (Å²) < 4.78 is 14.7. The molecule has 0 unspecified atom stereocenters. The summed E-state index contributed by atoms with van der Waals surface area (Å²) in [7, 11) is 1.43. The average Bonchev–Trinajstić information content (AvgIpc) is 3.19. The van der Waals surface area contributed by atoms with Crippen LogP contribution in [0.5, 0.6) is 5.88 Å². The first kappa shape index (κ1) is 12.4. The molecule has 0 aromatic carbocycles. The van der Waals surface area contributed by atoms with Crippen molar-refractivity contribution in [3.05, 3.63) is 35.4 Å². The van der Waals surface area contributed by atoms with E-state index in [1.165, 1.54) is 24.5 Å². The van der Waals surface area contributed by atoms with Gasteiger partial charge in [0.25, 0.3) is 11.8 Å². The summed E-state index contributed by atoms with van der Waals surface area (Å²) in [6.07, 6.45) is 0. The van der Waals surface area contributed by atoms with Gasteiger partial charge in [-0.2, -0.15) is 0 Å². The van der Waals surface area contributed by atoms with Gasteiger partial charge >= 0.3 is 0 Å². The van der Waals surface area contributed by atoms with Gasteiger partial charge < -0.3 is 13.8 Å². The molecule has 0 aliphatic heterocycles. The van der Waals surface area contributed by atoms with Crippen molar-refractivity contribution in [2.45, 2.75) is 0 Å². The summed E-state index contributed by atoms with van der Waals surface area (Å²) in [5, 5.41) is 11.9.